The molecule has 0 amide bonds. The quantitative estimate of drug-likeness (QED) is 0.936. The van der Waals surface area contributed by atoms with Crippen LogP contribution in [0, 0.1) is 11.8 Å². The number of carboxylic acid groups (broad SMARTS) is 1. The van der Waals surface area contributed by atoms with Crippen LogP contribution in [-0.2, 0) is 4.79 Å². The molecule has 0 unspecified atom stereocenters. The Balaban J connectivity index is 1.37. The van der Waals surface area contributed by atoms with Gasteiger partial charge in [-0.2, -0.15) is 0 Å². The number of carbonyl (C=O) groups is 1. The van der Waals surface area contributed by atoms with Crippen molar-refractivity contribution in [1.82, 2.24) is 9.88 Å². The van der Waals surface area contributed by atoms with Gasteiger partial charge in [0.2, 0.25) is 0 Å². The van der Waals surface area contributed by atoms with Crippen molar-refractivity contribution in [3.05, 3.63) is 23.7 Å². The van der Waals surface area contributed by atoms with Crippen LogP contribution in [-0.4, -0.2) is 53.7 Å². The van der Waals surface area contributed by atoms with Gasteiger partial charge in [-0.15, -0.1) is 11.3 Å². The predicted molar refractivity (Wildman–Crippen MR) is 87.5 cm³/mol. The lowest BCUT2D eigenvalue weighted by atomic mass is 10.2. The van der Waals surface area contributed by atoms with Crippen LogP contribution < -0.4 is 4.90 Å². The Kier molecular flexibility index (Phi) is 3.50. The molecule has 1 saturated carbocycles. The van der Waals surface area contributed by atoms with E-state index in [1.165, 1.54) is 11.1 Å². The highest BCUT2D eigenvalue weighted by Gasteiger charge is 2.44. The third kappa shape index (κ3) is 2.57. The third-order valence-corrected chi connectivity index (χ3v) is 5.66. The number of aliphatic carboxylic acids is 1. The second-order valence-corrected chi connectivity index (χ2v) is 7.06. The summed E-state index contributed by atoms with van der Waals surface area (Å²) in [5, 5.41) is 12.4. The molecule has 0 radical (unpaired) electrons. The first-order chi connectivity index (χ1) is 10.7. The van der Waals surface area contributed by atoms with E-state index in [4.69, 9.17) is 5.11 Å². The predicted octanol–water partition coefficient (Wildman–Crippen LogP) is 2.14. The highest BCUT2D eigenvalue weighted by Crippen LogP contribution is 2.39. The second kappa shape index (κ2) is 5.52. The van der Waals surface area contributed by atoms with Crippen molar-refractivity contribution in [2.75, 3.05) is 37.6 Å². The first-order valence-corrected chi connectivity index (χ1v) is 8.62. The van der Waals surface area contributed by atoms with E-state index in [-0.39, 0.29) is 5.92 Å². The third-order valence-electron chi connectivity index (χ3n) is 4.77. The first-order valence-electron chi connectivity index (χ1n) is 7.74. The lowest BCUT2D eigenvalue weighted by molar-refractivity contribution is -0.138. The lowest BCUT2D eigenvalue weighted by Gasteiger charge is -2.35. The number of piperazine rings is 1. The smallest absolute Gasteiger partial charge is 0.306 e. The largest absolute Gasteiger partial charge is 0.481 e. The summed E-state index contributed by atoms with van der Waals surface area (Å²) in [5.74, 6) is -0.346. The molecule has 0 aromatic carbocycles. The van der Waals surface area contributed by atoms with Crippen LogP contribution in [0.1, 0.15) is 6.42 Å². The van der Waals surface area contributed by atoms with E-state index in [0.29, 0.717) is 5.92 Å². The molecule has 22 heavy (non-hydrogen) atoms. The van der Waals surface area contributed by atoms with Crippen LogP contribution in [0.15, 0.2) is 23.7 Å². The Hall–Kier alpha value is -1.66. The average Bonchev–Trinajstić information content (AvgIpc) is 3.17. The molecule has 2 aliphatic rings. The maximum Gasteiger partial charge on any atom is 0.306 e. The Labute approximate surface area is 133 Å². The fraction of sp³-hybridized carbons (Fsp3) is 0.500. The summed E-state index contributed by atoms with van der Waals surface area (Å²) in [6.07, 6.45) is 2.70. The molecule has 2 aromatic rings. The van der Waals surface area contributed by atoms with Crippen molar-refractivity contribution in [3.8, 4) is 0 Å². The van der Waals surface area contributed by atoms with Crippen molar-refractivity contribution < 1.29 is 9.90 Å². The minimum Gasteiger partial charge on any atom is -0.481 e. The van der Waals surface area contributed by atoms with E-state index in [0.717, 1.165) is 44.0 Å². The molecule has 3 heterocycles. The van der Waals surface area contributed by atoms with Gasteiger partial charge in [0, 0.05) is 49.7 Å². The summed E-state index contributed by atoms with van der Waals surface area (Å²) in [6.45, 7) is 4.98. The molecule has 116 valence electrons. The molecule has 1 aliphatic heterocycles. The van der Waals surface area contributed by atoms with E-state index in [1.54, 1.807) is 11.3 Å². The maximum absolute atomic E-state index is 10.9. The van der Waals surface area contributed by atoms with E-state index >= 15 is 0 Å². The zero-order valence-corrected chi connectivity index (χ0v) is 13.1. The normalized spacial score (nSPS) is 25.5. The number of pyridine rings is 1. The van der Waals surface area contributed by atoms with Crippen molar-refractivity contribution in [1.29, 1.82) is 0 Å². The molecule has 1 N–H and O–H groups in total. The summed E-state index contributed by atoms with van der Waals surface area (Å²) < 4.78 is 0. The molecule has 0 spiro atoms. The van der Waals surface area contributed by atoms with Gasteiger partial charge in [0.25, 0.3) is 0 Å². The summed E-state index contributed by atoms with van der Waals surface area (Å²) in [6, 6.07) is 4.14. The van der Waals surface area contributed by atoms with Crippen molar-refractivity contribution in [3.63, 3.8) is 0 Å². The number of thiophene rings is 1. The molecular formula is C16H19N3O2S. The Morgan fingerprint density at radius 1 is 1.36 bits per heavy atom. The zero-order valence-electron chi connectivity index (χ0n) is 12.3. The zero-order chi connectivity index (χ0) is 15.1. The Morgan fingerprint density at radius 3 is 2.91 bits per heavy atom. The average molecular weight is 317 g/mol. The molecule has 0 bridgehead atoms. The maximum atomic E-state index is 10.9. The van der Waals surface area contributed by atoms with Gasteiger partial charge in [0.1, 0.15) is 4.83 Å². The lowest BCUT2D eigenvalue weighted by Crippen LogP contribution is -2.47. The SMILES string of the molecule is O=C(O)[C@@H]1C[C@H]1CN1CCN(c2csc3ncccc23)CC1. The molecular weight excluding hydrogens is 298 g/mol. The van der Waals surface area contributed by atoms with Crippen LogP contribution in [0.2, 0.25) is 0 Å². The van der Waals surface area contributed by atoms with Gasteiger partial charge >= 0.3 is 5.97 Å². The summed E-state index contributed by atoms with van der Waals surface area (Å²) in [4.78, 5) is 21.3. The number of carboxylic acids is 1. The number of anilines is 1. The van der Waals surface area contributed by atoms with Crippen molar-refractivity contribution in [2.45, 2.75) is 6.42 Å². The number of nitrogens with zero attached hydrogens (tertiary/aromatic N) is 3. The van der Waals surface area contributed by atoms with E-state index in [1.807, 2.05) is 12.3 Å². The topological polar surface area (TPSA) is 56.7 Å². The molecule has 1 aliphatic carbocycles. The Bertz CT molecular complexity index is 694. The minimum atomic E-state index is -0.624. The fourth-order valence-electron chi connectivity index (χ4n) is 3.35. The van der Waals surface area contributed by atoms with Crippen molar-refractivity contribution in [2.24, 2.45) is 11.8 Å². The van der Waals surface area contributed by atoms with Crippen LogP contribution >= 0.6 is 11.3 Å². The molecule has 5 nitrogen and oxygen atoms in total. The molecule has 2 fully saturated rings. The monoisotopic (exact) mass is 317 g/mol. The van der Waals surface area contributed by atoms with Crippen LogP contribution in [0.3, 0.4) is 0 Å². The highest BCUT2D eigenvalue weighted by molar-refractivity contribution is 7.17. The van der Waals surface area contributed by atoms with Gasteiger partial charge in [-0.3, -0.25) is 9.69 Å². The van der Waals surface area contributed by atoms with Gasteiger partial charge in [0.05, 0.1) is 11.6 Å². The standard InChI is InChI=1S/C16H19N3O2S/c20-16(21)13-8-11(13)9-18-4-6-19(7-5-18)14-10-22-15-12(14)2-1-3-17-15/h1-3,10-11,13H,4-9H2,(H,20,21)/t11-,13+/m0/s1. The van der Waals surface area contributed by atoms with Crippen LogP contribution in [0.25, 0.3) is 10.2 Å². The van der Waals surface area contributed by atoms with E-state index < -0.39 is 5.97 Å². The number of hydrogen-bond acceptors (Lipinski definition) is 5. The van der Waals surface area contributed by atoms with Crippen LogP contribution in [0.5, 0.6) is 0 Å². The molecule has 2 aromatic heterocycles. The number of aromatic nitrogens is 1. The number of rotatable bonds is 4. The number of fused-ring (bicyclic) bond motifs is 1. The first kappa shape index (κ1) is 14.0. The molecule has 1 saturated heterocycles. The summed E-state index contributed by atoms with van der Waals surface area (Å²) in [5.41, 5.74) is 1.29. The van der Waals surface area contributed by atoms with E-state index in [9.17, 15) is 4.79 Å². The Morgan fingerprint density at radius 2 is 2.18 bits per heavy atom. The van der Waals surface area contributed by atoms with Gasteiger partial charge in [-0.05, 0) is 24.5 Å². The van der Waals surface area contributed by atoms with E-state index in [2.05, 4.69) is 26.2 Å². The fourth-order valence-corrected chi connectivity index (χ4v) is 4.28. The van der Waals surface area contributed by atoms with Gasteiger partial charge < -0.3 is 10.0 Å². The van der Waals surface area contributed by atoms with Gasteiger partial charge in [-0.25, -0.2) is 4.98 Å². The minimum absolute atomic E-state index is 0.0927. The van der Waals surface area contributed by atoms with Crippen LogP contribution in [0.4, 0.5) is 5.69 Å². The molecule has 6 heteroatoms. The highest BCUT2D eigenvalue weighted by atomic mass is 32.1. The summed E-state index contributed by atoms with van der Waals surface area (Å²) in [7, 11) is 0. The molecule has 2 atom stereocenters. The van der Waals surface area contributed by atoms with Gasteiger partial charge in [-0.1, -0.05) is 0 Å². The van der Waals surface area contributed by atoms with Gasteiger partial charge in [0.15, 0.2) is 0 Å². The number of hydrogen-bond donors (Lipinski definition) is 1. The molecule has 4 rings (SSSR count). The second-order valence-electron chi connectivity index (χ2n) is 6.21. The summed E-state index contributed by atoms with van der Waals surface area (Å²) >= 11 is 1.70. The van der Waals surface area contributed by atoms with Crippen molar-refractivity contribution >= 4 is 33.2 Å².